The van der Waals surface area contributed by atoms with Crippen LogP contribution in [0.5, 0.6) is 0 Å². The lowest BCUT2D eigenvalue weighted by Gasteiger charge is -1.98. The Morgan fingerprint density at radius 1 is 1.47 bits per heavy atom. The third-order valence-corrected chi connectivity index (χ3v) is 1.97. The van der Waals surface area contributed by atoms with E-state index in [-0.39, 0.29) is 0 Å². The fourth-order valence-electron chi connectivity index (χ4n) is 1.30. The number of hydrogen-bond acceptors (Lipinski definition) is 5. The summed E-state index contributed by atoms with van der Waals surface area (Å²) in [5, 5.41) is 17.9. The largest absolute Gasteiger partial charge is 0.491 e. The van der Waals surface area contributed by atoms with Gasteiger partial charge in [-0.1, -0.05) is 0 Å². The highest BCUT2D eigenvalue weighted by atomic mass is 16.5. The maximum Gasteiger partial charge on any atom is 0.491 e. The van der Waals surface area contributed by atoms with Crippen molar-refractivity contribution in [2.75, 3.05) is 7.11 Å². The fraction of sp³-hybridized carbons (Fsp3) is 0.250. The van der Waals surface area contributed by atoms with Gasteiger partial charge in [0.05, 0.1) is 12.3 Å². The van der Waals surface area contributed by atoms with Crippen molar-refractivity contribution in [2.24, 2.45) is 0 Å². The van der Waals surface area contributed by atoms with E-state index < -0.39 is 7.12 Å². The van der Waals surface area contributed by atoms with Crippen LogP contribution in [0.2, 0.25) is 0 Å². The van der Waals surface area contributed by atoms with Gasteiger partial charge in [0.1, 0.15) is 0 Å². The van der Waals surface area contributed by atoms with Crippen LogP contribution in [0.1, 0.15) is 5.69 Å². The van der Waals surface area contributed by atoms with Gasteiger partial charge in [0.15, 0.2) is 0 Å². The molecule has 0 bridgehead atoms. The van der Waals surface area contributed by atoms with Crippen molar-refractivity contribution < 1.29 is 14.8 Å². The molecule has 2 heterocycles. The Morgan fingerprint density at radius 3 is 2.93 bits per heavy atom. The summed E-state index contributed by atoms with van der Waals surface area (Å²) in [6.45, 7) is 0.403. The Kier molecular flexibility index (Phi) is 2.67. The van der Waals surface area contributed by atoms with Crippen LogP contribution in [-0.2, 0) is 11.3 Å². The van der Waals surface area contributed by atoms with Gasteiger partial charge in [-0.15, -0.1) is 0 Å². The Hall–Kier alpha value is -1.44. The van der Waals surface area contributed by atoms with Crippen LogP contribution in [0.15, 0.2) is 18.6 Å². The van der Waals surface area contributed by atoms with Crippen LogP contribution in [-0.4, -0.2) is 38.6 Å². The number of fused-ring (bicyclic) bond motifs is 1. The minimum absolute atomic E-state index is 0.323. The molecule has 0 atom stereocenters. The highest BCUT2D eigenvalue weighted by Gasteiger charge is 2.12. The second kappa shape index (κ2) is 3.97. The van der Waals surface area contributed by atoms with E-state index in [2.05, 4.69) is 9.97 Å². The molecule has 0 amide bonds. The standard InChI is InChI=1S/C8H10BN3O3/c1-15-5-7-4-12-3-6(9(13)14)2-10-8(12)11-7/h2-4,13-14H,5H2,1H3. The quantitative estimate of drug-likeness (QED) is 0.602. The van der Waals surface area contributed by atoms with E-state index in [9.17, 15) is 0 Å². The Bertz CT molecular complexity index is 471. The number of hydrogen-bond donors (Lipinski definition) is 2. The molecule has 78 valence electrons. The van der Waals surface area contributed by atoms with Gasteiger partial charge in [0.25, 0.3) is 0 Å². The van der Waals surface area contributed by atoms with Gasteiger partial charge in [0.2, 0.25) is 5.78 Å². The highest BCUT2D eigenvalue weighted by molar-refractivity contribution is 6.58. The van der Waals surface area contributed by atoms with Crippen molar-refractivity contribution in [2.45, 2.75) is 6.61 Å². The summed E-state index contributed by atoms with van der Waals surface area (Å²) in [5.41, 5.74) is 1.07. The van der Waals surface area contributed by atoms with Gasteiger partial charge < -0.3 is 14.8 Å². The summed E-state index contributed by atoms with van der Waals surface area (Å²) >= 11 is 0. The highest BCUT2D eigenvalue weighted by Crippen LogP contribution is 2.01. The number of methoxy groups -OCH3 is 1. The Labute approximate surface area is 86.3 Å². The predicted octanol–water partition coefficient (Wildman–Crippen LogP) is -1.44. The molecular formula is C8H10BN3O3. The fourth-order valence-corrected chi connectivity index (χ4v) is 1.30. The number of imidazole rings is 1. The number of rotatable bonds is 3. The second-order valence-corrected chi connectivity index (χ2v) is 3.13. The maximum atomic E-state index is 8.95. The normalized spacial score (nSPS) is 10.9. The van der Waals surface area contributed by atoms with E-state index in [1.165, 1.54) is 6.20 Å². The predicted molar refractivity (Wildman–Crippen MR) is 53.5 cm³/mol. The van der Waals surface area contributed by atoms with Crippen LogP contribution in [0.25, 0.3) is 5.78 Å². The van der Waals surface area contributed by atoms with Crippen LogP contribution in [0, 0.1) is 0 Å². The molecule has 0 unspecified atom stereocenters. The van der Waals surface area contributed by atoms with E-state index >= 15 is 0 Å². The molecular weight excluding hydrogens is 197 g/mol. The van der Waals surface area contributed by atoms with Crippen LogP contribution in [0.4, 0.5) is 0 Å². The molecule has 2 rings (SSSR count). The van der Waals surface area contributed by atoms with E-state index in [0.29, 0.717) is 17.8 Å². The molecule has 0 aliphatic rings. The molecule has 0 spiro atoms. The van der Waals surface area contributed by atoms with Crippen LogP contribution >= 0.6 is 0 Å². The van der Waals surface area contributed by atoms with E-state index in [0.717, 1.165) is 5.69 Å². The van der Waals surface area contributed by atoms with E-state index in [1.54, 1.807) is 23.9 Å². The maximum absolute atomic E-state index is 8.95. The number of nitrogens with zero attached hydrogens (tertiary/aromatic N) is 3. The zero-order valence-electron chi connectivity index (χ0n) is 8.16. The first-order chi connectivity index (χ1) is 7.20. The summed E-state index contributed by atoms with van der Waals surface area (Å²) in [6.07, 6.45) is 4.68. The summed E-state index contributed by atoms with van der Waals surface area (Å²) in [5.74, 6) is 0.506. The molecule has 2 aromatic rings. The van der Waals surface area contributed by atoms with Crippen LogP contribution in [0.3, 0.4) is 0 Å². The van der Waals surface area contributed by atoms with Crippen molar-refractivity contribution in [1.29, 1.82) is 0 Å². The average Bonchev–Trinajstić information content (AvgIpc) is 2.59. The van der Waals surface area contributed by atoms with Gasteiger partial charge in [-0.25, -0.2) is 9.97 Å². The smallest absolute Gasteiger partial charge is 0.423 e. The molecule has 0 aliphatic carbocycles. The minimum Gasteiger partial charge on any atom is -0.423 e. The third-order valence-electron chi connectivity index (χ3n) is 1.97. The Balaban J connectivity index is 2.43. The van der Waals surface area contributed by atoms with Crippen molar-refractivity contribution in [1.82, 2.24) is 14.4 Å². The first kappa shape index (κ1) is 10.1. The van der Waals surface area contributed by atoms with Gasteiger partial charge >= 0.3 is 7.12 Å². The molecule has 0 saturated heterocycles. The number of aromatic nitrogens is 3. The third kappa shape index (κ3) is 1.99. The summed E-state index contributed by atoms with van der Waals surface area (Å²) in [4.78, 5) is 8.15. The monoisotopic (exact) mass is 207 g/mol. The molecule has 2 aromatic heterocycles. The van der Waals surface area contributed by atoms with Gasteiger partial charge in [-0.05, 0) is 0 Å². The molecule has 6 nitrogen and oxygen atoms in total. The molecule has 0 radical (unpaired) electrons. The summed E-state index contributed by atoms with van der Waals surface area (Å²) in [6, 6.07) is 0. The van der Waals surface area contributed by atoms with Crippen molar-refractivity contribution >= 4 is 18.4 Å². The molecule has 0 saturated carbocycles. The van der Waals surface area contributed by atoms with Crippen molar-refractivity contribution in [3.63, 3.8) is 0 Å². The molecule has 0 aliphatic heterocycles. The zero-order valence-corrected chi connectivity index (χ0v) is 8.16. The Morgan fingerprint density at radius 2 is 2.27 bits per heavy atom. The lowest BCUT2D eigenvalue weighted by atomic mass is 9.83. The first-order valence-electron chi connectivity index (χ1n) is 4.39. The molecule has 2 N–H and O–H groups in total. The molecule has 15 heavy (non-hydrogen) atoms. The second-order valence-electron chi connectivity index (χ2n) is 3.13. The first-order valence-corrected chi connectivity index (χ1v) is 4.39. The lowest BCUT2D eigenvalue weighted by Crippen LogP contribution is -2.31. The molecule has 0 fully saturated rings. The zero-order chi connectivity index (χ0) is 10.8. The van der Waals surface area contributed by atoms with Gasteiger partial charge in [-0.2, -0.15) is 0 Å². The van der Waals surface area contributed by atoms with E-state index in [1.807, 2.05) is 0 Å². The SMILES string of the molecule is COCc1cn2cc(B(O)O)cnc2n1. The average molecular weight is 207 g/mol. The van der Waals surface area contributed by atoms with Crippen molar-refractivity contribution in [3.05, 3.63) is 24.3 Å². The molecule has 7 heteroatoms. The number of ether oxygens (including phenoxy) is 1. The van der Waals surface area contributed by atoms with Gasteiger partial charge in [-0.3, -0.25) is 4.40 Å². The van der Waals surface area contributed by atoms with Crippen molar-refractivity contribution in [3.8, 4) is 0 Å². The van der Waals surface area contributed by atoms with Gasteiger partial charge in [0, 0.05) is 31.2 Å². The van der Waals surface area contributed by atoms with E-state index in [4.69, 9.17) is 14.8 Å². The molecule has 0 aromatic carbocycles. The topological polar surface area (TPSA) is 79.9 Å². The lowest BCUT2D eigenvalue weighted by molar-refractivity contribution is 0.182. The summed E-state index contributed by atoms with van der Waals surface area (Å²) < 4.78 is 6.56. The minimum atomic E-state index is -1.52. The summed E-state index contributed by atoms with van der Waals surface area (Å²) in [7, 11) is 0.0653. The van der Waals surface area contributed by atoms with Crippen LogP contribution < -0.4 is 5.46 Å².